The average molecular weight is 408 g/mol. The van der Waals surface area contributed by atoms with E-state index in [4.69, 9.17) is 0 Å². The molecule has 0 saturated carbocycles. The number of hydrazone groups is 1. The number of aromatic hydroxyl groups is 1. The number of phenolic OH excluding ortho intramolecular Hbond substituents is 1. The Labute approximate surface area is 151 Å². The van der Waals surface area contributed by atoms with E-state index in [1.165, 1.54) is 30.5 Å². The maximum Gasteiger partial charge on any atom is 0.254 e. The third kappa shape index (κ3) is 5.68. The Kier molecular flexibility index (Phi) is 6.64. The molecule has 25 heavy (non-hydrogen) atoms. The molecule has 3 N–H and O–H groups in total. The van der Waals surface area contributed by atoms with Crippen molar-refractivity contribution in [3.8, 4) is 5.75 Å². The van der Waals surface area contributed by atoms with E-state index in [-0.39, 0.29) is 24.3 Å². The van der Waals surface area contributed by atoms with Crippen molar-refractivity contribution in [2.75, 3.05) is 6.54 Å². The van der Waals surface area contributed by atoms with Crippen LogP contribution in [-0.2, 0) is 4.79 Å². The third-order valence-corrected chi connectivity index (χ3v) is 3.77. The first-order chi connectivity index (χ1) is 12.0. The molecule has 2 aromatic carbocycles. The second-order valence-corrected chi connectivity index (χ2v) is 5.84. The van der Waals surface area contributed by atoms with Crippen molar-refractivity contribution in [3.63, 3.8) is 0 Å². The lowest BCUT2D eigenvalue weighted by Gasteiger charge is -2.05. The van der Waals surface area contributed by atoms with E-state index in [2.05, 4.69) is 31.8 Å². The van der Waals surface area contributed by atoms with E-state index < -0.39 is 17.6 Å². The van der Waals surface area contributed by atoms with Crippen molar-refractivity contribution < 1.29 is 19.1 Å². The lowest BCUT2D eigenvalue weighted by Crippen LogP contribution is -2.29. The Balaban J connectivity index is 1.75. The lowest BCUT2D eigenvalue weighted by molar-refractivity contribution is -0.120. The molecule has 6 nitrogen and oxygen atoms in total. The highest BCUT2D eigenvalue weighted by atomic mass is 79.9. The average Bonchev–Trinajstić information content (AvgIpc) is 2.58. The molecule has 2 rings (SSSR count). The van der Waals surface area contributed by atoms with Gasteiger partial charge < -0.3 is 10.4 Å². The number of rotatable bonds is 6. The van der Waals surface area contributed by atoms with Crippen molar-refractivity contribution in [1.29, 1.82) is 0 Å². The van der Waals surface area contributed by atoms with E-state index in [0.717, 1.165) is 0 Å². The molecular formula is C17H15BrFN3O3. The summed E-state index contributed by atoms with van der Waals surface area (Å²) in [5.74, 6) is -1.49. The zero-order valence-corrected chi connectivity index (χ0v) is 14.6. The number of carbonyl (C=O) groups is 2. The number of nitrogens with one attached hydrogen (secondary N) is 2. The molecule has 0 atom stereocenters. The smallest absolute Gasteiger partial charge is 0.254 e. The molecule has 0 aliphatic rings. The summed E-state index contributed by atoms with van der Waals surface area (Å²) < 4.78 is 13.9. The highest BCUT2D eigenvalue weighted by Gasteiger charge is 2.10. The highest BCUT2D eigenvalue weighted by Crippen LogP contribution is 2.23. The highest BCUT2D eigenvalue weighted by molar-refractivity contribution is 9.10. The Morgan fingerprint density at radius 1 is 1.24 bits per heavy atom. The van der Waals surface area contributed by atoms with E-state index in [1.807, 2.05) is 0 Å². The van der Waals surface area contributed by atoms with Gasteiger partial charge in [-0.05, 0) is 51.8 Å². The molecule has 2 aromatic rings. The minimum atomic E-state index is -0.617. The van der Waals surface area contributed by atoms with Crippen LogP contribution in [0.15, 0.2) is 52.0 Å². The topological polar surface area (TPSA) is 90.8 Å². The Bertz CT molecular complexity index is 811. The first-order valence-corrected chi connectivity index (χ1v) is 8.10. The van der Waals surface area contributed by atoms with E-state index >= 15 is 0 Å². The SMILES string of the molecule is O=C(CCNC(=O)c1ccccc1F)NN=Cc1ccc(O)c(Br)c1. The largest absolute Gasteiger partial charge is 0.507 e. The van der Waals surface area contributed by atoms with Crippen LogP contribution < -0.4 is 10.7 Å². The predicted molar refractivity (Wildman–Crippen MR) is 94.9 cm³/mol. The summed E-state index contributed by atoms with van der Waals surface area (Å²) in [5.41, 5.74) is 2.93. The summed E-state index contributed by atoms with van der Waals surface area (Å²) in [6.45, 7) is 0.0548. The molecule has 130 valence electrons. The maximum atomic E-state index is 13.4. The molecule has 0 aliphatic carbocycles. The van der Waals surface area contributed by atoms with Gasteiger partial charge in [0.2, 0.25) is 5.91 Å². The van der Waals surface area contributed by atoms with Crippen LogP contribution in [0, 0.1) is 5.82 Å². The van der Waals surface area contributed by atoms with Crippen LogP contribution in [-0.4, -0.2) is 29.7 Å². The van der Waals surface area contributed by atoms with Gasteiger partial charge in [0, 0.05) is 13.0 Å². The van der Waals surface area contributed by atoms with Crippen molar-refractivity contribution in [2.24, 2.45) is 5.10 Å². The molecule has 0 aliphatic heterocycles. The Morgan fingerprint density at radius 2 is 2.00 bits per heavy atom. The van der Waals surface area contributed by atoms with Gasteiger partial charge in [-0.2, -0.15) is 5.10 Å². The molecule has 8 heteroatoms. The van der Waals surface area contributed by atoms with Gasteiger partial charge in [0.05, 0.1) is 16.3 Å². The standard InChI is InChI=1S/C17H15BrFN3O3/c18-13-9-11(5-6-15(13)23)10-21-22-16(24)7-8-20-17(25)12-3-1-2-4-14(12)19/h1-6,9-10,23H,7-8H2,(H,20,25)(H,22,24). The Morgan fingerprint density at radius 3 is 2.72 bits per heavy atom. The number of hydrogen-bond donors (Lipinski definition) is 3. The minimum absolute atomic E-state index is 0.00317. The van der Waals surface area contributed by atoms with Crippen LogP contribution in [0.1, 0.15) is 22.3 Å². The van der Waals surface area contributed by atoms with Crippen LogP contribution >= 0.6 is 15.9 Å². The molecule has 0 heterocycles. The summed E-state index contributed by atoms with van der Waals surface area (Å²) in [5, 5.41) is 15.6. The zero-order valence-electron chi connectivity index (χ0n) is 13.0. The van der Waals surface area contributed by atoms with Crippen LogP contribution in [0.4, 0.5) is 4.39 Å². The van der Waals surface area contributed by atoms with Crippen LogP contribution in [0.2, 0.25) is 0 Å². The number of amides is 2. The summed E-state index contributed by atoms with van der Waals surface area (Å²) in [7, 11) is 0. The number of hydrogen-bond acceptors (Lipinski definition) is 4. The monoisotopic (exact) mass is 407 g/mol. The van der Waals surface area contributed by atoms with Gasteiger partial charge in [-0.1, -0.05) is 12.1 Å². The van der Waals surface area contributed by atoms with Gasteiger partial charge in [-0.25, -0.2) is 9.82 Å². The summed E-state index contributed by atoms with van der Waals surface area (Å²) in [6.07, 6.45) is 1.41. The van der Waals surface area contributed by atoms with Gasteiger partial charge in [0.1, 0.15) is 11.6 Å². The van der Waals surface area contributed by atoms with Crippen molar-refractivity contribution in [1.82, 2.24) is 10.7 Å². The second kappa shape index (κ2) is 8.93. The van der Waals surface area contributed by atoms with E-state index in [9.17, 15) is 19.1 Å². The minimum Gasteiger partial charge on any atom is -0.507 e. The first-order valence-electron chi connectivity index (χ1n) is 7.30. The molecule has 0 saturated heterocycles. The number of nitrogens with zero attached hydrogens (tertiary/aromatic N) is 1. The molecule has 0 bridgehead atoms. The fourth-order valence-corrected chi connectivity index (χ4v) is 2.26. The van der Waals surface area contributed by atoms with Crippen molar-refractivity contribution >= 4 is 34.0 Å². The second-order valence-electron chi connectivity index (χ2n) is 4.99. The van der Waals surface area contributed by atoms with Gasteiger partial charge >= 0.3 is 0 Å². The van der Waals surface area contributed by atoms with Gasteiger partial charge in [-0.3, -0.25) is 9.59 Å². The summed E-state index contributed by atoms with van der Waals surface area (Å²) in [6, 6.07) is 10.4. The number of phenols is 1. The molecule has 0 fully saturated rings. The predicted octanol–water partition coefficient (Wildman–Crippen LogP) is 2.56. The van der Waals surface area contributed by atoms with Crippen molar-refractivity contribution in [2.45, 2.75) is 6.42 Å². The molecule has 0 spiro atoms. The van der Waals surface area contributed by atoms with E-state index in [1.54, 1.807) is 18.2 Å². The quantitative estimate of drug-likeness (QED) is 0.507. The number of halogens is 2. The van der Waals surface area contributed by atoms with Gasteiger partial charge in [0.15, 0.2) is 0 Å². The third-order valence-electron chi connectivity index (χ3n) is 3.13. The number of carbonyl (C=O) groups excluding carboxylic acids is 2. The maximum absolute atomic E-state index is 13.4. The van der Waals surface area contributed by atoms with Gasteiger partial charge in [0.25, 0.3) is 5.91 Å². The number of benzene rings is 2. The van der Waals surface area contributed by atoms with Crippen molar-refractivity contribution in [3.05, 3.63) is 63.9 Å². The fourth-order valence-electron chi connectivity index (χ4n) is 1.87. The van der Waals surface area contributed by atoms with E-state index in [0.29, 0.717) is 10.0 Å². The fraction of sp³-hybridized carbons (Fsp3) is 0.118. The normalized spacial score (nSPS) is 10.6. The molecule has 0 unspecified atom stereocenters. The van der Waals surface area contributed by atoms with Gasteiger partial charge in [-0.15, -0.1) is 0 Å². The molecular weight excluding hydrogens is 393 g/mol. The molecule has 0 aromatic heterocycles. The van der Waals surface area contributed by atoms with Crippen LogP contribution in [0.5, 0.6) is 5.75 Å². The molecule has 2 amide bonds. The summed E-state index contributed by atoms with van der Waals surface area (Å²) in [4.78, 5) is 23.4. The molecule has 0 radical (unpaired) electrons. The van der Waals surface area contributed by atoms with Crippen LogP contribution in [0.25, 0.3) is 0 Å². The lowest BCUT2D eigenvalue weighted by atomic mass is 10.2. The Hall–Kier alpha value is -2.74. The first kappa shape index (κ1) is 18.6. The zero-order chi connectivity index (χ0) is 18.2. The van der Waals surface area contributed by atoms with Crippen LogP contribution in [0.3, 0.4) is 0 Å². The summed E-state index contributed by atoms with van der Waals surface area (Å²) >= 11 is 3.17.